The molecule has 35 heavy (non-hydrogen) atoms. The third-order valence-electron chi connectivity index (χ3n) is 4.68. The molecule has 0 aromatic heterocycles. The number of carbonyl (C=O) groups is 2. The molecule has 13 heteroatoms. The van der Waals surface area contributed by atoms with Crippen LogP contribution in [-0.2, 0) is 41.6 Å². The van der Waals surface area contributed by atoms with E-state index in [1.165, 1.54) is 0 Å². The molecule has 0 aliphatic rings. The molecule has 0 saturated heterocycles. The van der Waals surface area contributed by atoms with Crippen LogP contribution in [0.5, 0.6) is 0 Å². The Hall–Kier alpha value is -1.32. The number of phosphoric acid groups is 2. The molecule has 0 aromatic carbocycles. The van der Waals surface area contributed by atoms with Crippen LogP contribution in [0.3, 0.4) is 0 Å². The molecule has 2 unspecified atom stereocenters. The van der Waals surface area contributed by atoms with E-state index < -0.39 is 27.6 Å². The molecule has 0 rings (SSSR count). The quantitative estimate of drug-likeness (QED) is 0.0784. The Morgan fingerprint density at radius 2 is 1.11 bits per heavy atom. The second-order valence-electron chi connectivity index (χ2n) is 7.99. The summed E-state index contributed by atoms with van der Waals surface area (Å²) in [6.07, 6.45) is 8.72. The van der Waals surface area contributed by atoms with Crippen LogP contribution in [0, 0.1) is 0 Å². The van der Waals surface area contributed by atoms with E-state index in [0.29, 0.717) is 38.5 Å². The van der Waals surface area contributed by atoms with Crippen LogP contribution in [0.1, 0.15) is 78.1 Å². The smallest absolute Gasteiger partial charge is 0.460 e. The highest BCUT2D eigenvalue weighted by molar-refractivity contribution is 7.61. The van der Waals surface area contributed by atoms with Gasteiger partial charge in [0.1, 0.15) is 0 Å². The van der Waals surface area contributed by atoms with Gasteiger partial charge >= 0.3 is 27.6 Å². The largest absolute Gasteiger partial charge is 0.483 e. The Morgan fingerprint density at radius 3 is 1.46 bits per heavy atom. The molecule has 0 amide bonds. The van der Waals surface area contributed by atoms with Crippen molar-refractivity contribution < 1.29 is 51.3 Å². The minimum Gasteiger partial charge on any atom is -0.460 e. The summed E-state index contributed by atoms with van der Waals surface area (Å²) >= 11 is 0. The first-order chi connectivity index (χ1) is 16.4. The van der Waals surface area contributed by atoms with Crippen LogP contribution in [-0.4, -0.2) is 47.1 Å². The summed E-state index contributed by atoms with van der Waals surface area (Å²) in [6.45, 7) is 10.1. The molecule has 0 spiro atoms. The fraction of sp³-hybridized carbons (Fsp3) is 0.727. The topological polar surface area (TPSA) is 155 Å². The zero-order valence-corrected chi connectivity index (χ0v) is 22.5. The summed E-state index contributed by atoms with van der Waals surface area (Å²) in [5.41, 5.74) is 0. The predicted molar refractivity (Wildman–Crippen MR) is 130 cm³/mol. The van der Waals surface area contributed by atoms with E-state index in [4.69, 9.17) is 28.3 Å². The molecule has 11 nitrogen and oxygen atoms in total. The number of hydrogen-bond acceptors (Lipinski definition) is 9. The van der Waals surface area contributed by atoms with Gasteiger partial charge in [-0.05, 0) is 52.4 Å². The van der Waals surface area contributed by atoms with Crippen molar-refractivity contribution >= 4 is 27.6 Å². The van der Waals surface area contributed by atoms with Crippen molar-refractivity contribution in [3.05, 3.63) is 25.3 Å². The zero-order chi connectivity index (χ0) is 26.7. The first-order valence-corrected chi connectivity index (χ1v) is 14.7. The highest BCUT2D eigenvalue weighted by Crippen LogP contribution is 2.61. The van der Waals surface area contributed by atoms with Crippen LogP contribution in [0.2, 0.25) is 0 Å². The SMILES string of the molecule is C=CC(=O)OC(C)CCCCCCOP(=O)(OCCCCCCC(C)OC(=O)C=C)OP(=O)(O)O. The third-order valence-corrected chi connectivity index (χ3v) is 7.33. The lowest BCUT2D eigenvalue weighted by Crippen LogP contribution is -2.12. The lowest BCUT2D eigenvalue weighted by Gasteiger charge is -2.18. The Kier molecular flexibility index (Phi) is 18.2. The van der Waals surface area contributed by atoms with Gasteiger partial charge in [0.15, 0.2) is 0 Å². The number of phosphoric ester groups is 1. The number of hydrogen-bond donors (Lipinski definition) is 2. The van der Waals surface area contributed by atoms with Crippen molar-refractivity contribution in [2.45, 2.75) is 90.3 Å². The summed E-state index contributed by atoms with van der Waals surface area (Å²) < 4.78 is 48.4. The van der Waals surface area contributed by atoms with Gasteiger partial charge in [0, 0.05) is 12.2 Å². The molecule has 0 heterocycles. The molecule has 204 valence electrons. The minimum absolute atomic E-state index is 0.0560. The van der Waals surface area contributed by atoms with Gasteiger partial charge in [0.2, 0.25) is 0 Å². The van der Waals surface area contributed by atoms with E-state index in [1.54, 1.807) is 13.8 Å². The predicted octanol–water partition coefficient (Wildman–Crippen LogP) is 5.37. The molecule has 0 radical (unpaired) electrons. The lowest BCUT2D eigenvalue weighted by atomic mass is 10.1. The van der Waals surface area contributed by atoms with Crippen molar-refractivity contribution in [2.24, 2.45) is 0 Å². The van der Waals surface area contributed by atoms with E-state index in [1.807, 2.05) is 0 Å². The highest BCUT2D eigenvalue weighted by Gasteiger charge is 2.35. The number of rotatable bonds is 22. The van der Waals surface area contributed by atoms with Gasteiger partial charge in [-0.1, -0.05) is 38.8 Å². The Bertz CT molecular complexity index is 689. The van der Waals surface area contributed by atoms with Crippen molar-refractivity contribution in [3.8, 4) is 0 Å². The molecule has 0 aliphatic heterocycles. The van der Waals surface area contributed by atoms with Crippen molar-refractivity contribution in [2.75, 3.05) is 13.2 Å². The maximum atomic E-state index is 12.6. The molecule has 2 N–H and O–H groups in total. The third kappa shape index (κ3) is 20.6. The Morgan fingerprint density at radius 1 is 0.743 bits per heavy atom. The summed E-state index contributed by atoms with van der Waals surface area (Å²) in [5, 5.41) is 0. The van der Waals surface area contributed by atoms with Crippen LogP contribution < -0.4 is 0 Å². The second kappa shape index (κ2) is 18.9. The van der Waals surface area contributed by atoms with Crippen LogP contribution in [0.4, 0.5) is 0 Å². The molecule has 0 aliphatic carbocycles. The highest BCUT2D eigenvalue weighted by atomic mass is 31.3. The van der Waals surface area contributed by atoms with Gasteiger partial charge < -0.3 is 19.3 Å². The lowest BCUT2D eigenvalue weighted by molar-refractivity contribution is -0.143. The molecule has 2 atom stereocenters. The van der Waals surface area contributed by atoms with Gasteiger partial charge in [0.25, 0.3) is 0 Å². The maximum Gasteiger partial charge on any atom is 0.483 e. The molecule has 0 aromatic rings. The van der Waals surface area contributed by atoms with Crippen molar-refractivity contribution in [3.63, 3.8) is 0 Å². The van der Waals surface area contributed by atoms with E-state index in [0.717, 1.165) is 37.8 Å². The molecule has 0 bridgehead atoms. The summed E-state index contributed by atoms with van der Waals surface area (Å²) in [7, 11) is -9.50. The van der Waals surface area contributed by atoms with Crippen LogP contribution in [0.25, 0.3) is 0 Å². The second-order valence-corrected chi connectivity index (χ2v) is 11.0. The van der Waals surface area contributed by atoms with E-state index in [2.05, 4.69) is 17.5 Å². The van der Waals surface area contributed by atoms with Crippen LogP contribution in [0.15, 0.2) is 25.3 Å². The zero-order valence-electron chi connectivity index (χ0n) is 20.7. The van der Waals surface area contributed by atoms with E-state index in [9.17, 15) is 18.7 Å². The maximum absolute atomic E-state index is 12.6. The van der Waals surface area contributed by atoms with Gasteiger partial charge in [-0.25, -0.2) is 18.7 Å². The van der Waals surface area contributed by atoms with Gasteiger partial charge in [-0.3, -0.25) is 9.05 Å². The molecular weight excluding hydrogens is 502 g/mol. The summed E-state index contributed by atoms with van der Waals surface area (Å²) in [6, 6.07) is 0. The van der Waals surface area contributed by atoms with Gasteiger partial charge in [-0.2, -0.15) is 4.31 Å². The standard InChI is InChI=1S/C22H40O11P2/c1-5-21(23)31-19(3)15-11-7-9-13-17-29-35(28,33-34(25,26)27)30-18-14-10-8-12-16-20(4)32-22(24)6-2/h5-6,19-20H,1-2,7-18H2,3-4H3,(H2,25,26,27). The first kappa shape index (κ1) is 33.7. The van der Waals surface area contributed by atoms with Crippen LogP contribution >= 0.6 is 15.6 Å². The number of unbranched alkanes of at least 4 members (excludes halogenated alkanes) is 6. The fourth-order valence-corrected chi connectivity index (χ4v) is 5.15. The number of esters is 2. The van der Waals surface area contributed by atoms with Crippen molar-refractivity contribution in [1.82, 2.24) is 0 Å². The van der Waals surface area contributed by atoms with E-state index >= 15 is 0 Å². The monoisotopic (exact) mass is 542 g/mol. The number of ether oxygens (including phenoxy) is 2. The molecule has 0 saturated carbocycles. The summed E-state index contributed by atoms with van der Waals surface area (Å²) in [5.74, 6) is -0.930. The van der Waals surface area contributed by atoms with E-state index in [-0.39, 0.29) is 25.4 Å². The van der Waals surface area contributed by atoms with Gasteiger partial charge in [0.05, 0.1) is 25.4 Å². The molecular formula is C22H40O11P2. The average molecular weight is 542 g/mol. The molecule has 0 fully saturated rings. The average Bonchev–Trinajstić information content (AvgIpc) is 2.76. The number of carbonyl (C=O) groups excluding carboxylic acids is 2. The fourth-order valence-electron chi connectivity index (χ4n) is 2.95. The minimum atomic E-state index is -5.08. The Balaban J connectivity index is 4.15. The first-order valence-electron chi connectivity index (χ1n) is 11.7. The summed E-state index contributed by atoms with van der Waals surface area (Å²) in [4.78, 5) is 40.3. The van der Waals surface area contributed by atoms with Crippen molar-refractivity contribution in [1.29, 1.82) is 0 Å². The normalized spacial score (nSPS) is 15.0. The van der Waals surface area contributed by atoms with Gasteiger partial charge in [-0.15, -0.1) is 0 Å². The Labute approximate surface area is 208 Å².